The summed E-state index contributed by atoms with van der Waals surface area (Å²) in [5.41, 5.74) is 6.11. The molecule has 1 aliphatic heterocycles. The second kappa shape index (κ2) is 7.87. The highest BCUT2D eigenvalue weighted by molar-refractivity contribution is 9.10. The van der Waals surface area contributed by atoms with Gasteiger partial charge >= 0.3 is 0 Å². The highest BCUT2D eigenvalue weighted by atomic mass is 79.9. The van der Waals surface area contributed by atoms with Crippen LogP contribution in [0.4, 0.5) is 5.69 Å². The van der Waals surface area contributed by atoms with Crippen LogP contribution in [0.1, 0.15) is 17.0 Å². The van der Waals surface area contributed by atoms with Gasteiger partial charge in [-0.3, -0.25) is 4.90 Å². The largest absolute Gasteiger partial charge is 0.366 e. The Morgan fingerprint density at radius 2 is 1.67 bits per heavy atom. The lowest BCUT2D eigenvalue weighted by Gasteiger charge is -2.36. The lowest BCUT2D eigenvalue weighted by atomic mass is 10.2. The van der Waals surface area contributed by atoms with Gasteiger partial charge in [0.1, 0.15) is 0 Å². The summed E-state index contributed by atoms with van der Waals surface area (Å²) in [5, 5.41) is 4.81. The van der Waals surface area contributed by atoms with E-state index in [1.165, 1.54) is 16.9 Å². The van der Waals surface area contributed by atoms with E-state index in [1.54, 1.807) is 0 Å². The van der Waals surface area contributed by atoms with Crippen molar-refractivity contribution in [3.05, 3.63) is 76.0 Å². The Morgan fingerprint density at radius 3 is 2.37 bits per heavy atom. The predicted octanol–water partition coefficient (Wildman–Crippen LogP) is 4.57. The van der Waals surface area contributed by atoms with Gasteiger partial charge in [0.2, 0.25) is 0 Å². The quantitative estimate of drug-likeness (QED) is 0.612. The van der Waals surface area contributed by atoms with E-state index in [4.69, 9.17) is 5.10 Å². The fraction of sp³-hybridized carbons (Fsp3) is 0.318. The third kappa shape index (κ3) is 3.94. The topological polar surface area (TPSA) is 24.3 Å². The molecule has 0 radical (unpaired) electrons. The molecule has 1 aliphatic rings. The van der Waals surface area contributed by atoms with E-state index >= 15 is 0 Å². The molecule has 1 aromatic heterocycles. The molecule has 0 N–H and O–H groups in total. The molecule has 2 heterocycles. The number of benzene rings is 2. The molecule has 0 aliphatic carbocycles. The summed E-state index contributed by atoms with van der Waals surface area (Å²) in [5.74, 6) is 0. The summed E-state index contributed by atoms with van der Waals surface area (Å²) < 4.78 is 3.22. The monoisotopic (exact) mass is 424 g/mol. The van der Waals surface area contributed by atoms with Gasteiger partial charge < -0.3 is 4.90 Å². The Balaban J connectivity index is 1.46. The van der Waals surface area contributed by atoms with E-state index in [2.05, 4.69) is 92.8 Å². The van der Waals surface area contributed by atoms with Crippen LogP contribution in [0.5, 0.6) is 0 Å². The van der Waals surface area contributed by atoms with Gasteiger partial charge in [0.05, 0.1) is 22.8 Å². The predicted molar refractivity (Wildman–Crippen MR) is 115 cm³/mol. The van der Waals surface area contributed by atoms with Crippen LogP contribution in [0.2, 0.25) is 0 Å². The summed E-state index contributed by atoms with van der Waals surface area (Å²) >= 11 is 3.57. The smallest absolute Gasteiger partial charge is 0.0834 e. The second-order valence-electron chi connectivity index (χ2n) is 7.16. The van der Waals surface area contributed by atoms with Gasteiger partial charge in [0.15, 0.2) is 0 Å². The average Bonchev–Trinajstić information content (AvgIpc) is 2.98. The Morgan fingerprint density at radius 1 is 0.926 bits per heavy atom. The van der Waals surface area contributed by atoms with E-state index in [0.717, 1.165) is 48.6 Å². The molecule has 140 valence electrons. The van der Waals surface area contributed by atoms with Crippen LogP contribution in [0.25, 0.3) is 5.69 Å². The lowest BCUT2D eigenvalue weighted by Crippen LogP contribution is -2.46. The molecular weight excluding hydrogens is 400 g/mol. The van der Waals surface area contributed by atoms with Gasteiger partial charge in [-0.25, -0.2) is 4.68 Å². The summed E-state index contributed by atoms with van der Waals surface area (Å²) in [6, 6.07) is 19.0. The third-order valence-corrected chi connectivity index (χ3v) is 5.73. The number of nitrogens with zero attached hydrogens (tertiary/aromatic N) is 4. The molecule has 5 heteroatoms. The SMILES string of the molecule is Cc1nn(-c2ccccc2)c(C)c1N1CCN(Cc2cccc(Br)c2)CC1. The first-order chi connectivity index (χ1) is 13.1. The van der Waals surface area contributed by atoms with Crippen LogP contribution < -0.4 is 4.90 Å². The van der Waals surface area contributed by atoms with E-state index in [-0.39, 0.29) is 0 Å². The molecule has 1 saturated heterocycles. The fourth-order valence-electron chi connectivity index (χ4n) is 3.94. The van der Waals surface area contributed by atoms with Gasteiger partial charge in [-0.15, -0.1) is 0 Å². The van der Waals surface area contributed by atoms with Crippen molar-refractivity contribution in [1.82, 2.24) is 14.7 Å². The average molecular weight is 425 g/mol. The Kier molecular flexibility index (Phi) is 5.32. The van der Waals surface area contributed by atoms with Crippen molar-refractivity contribution >= 4 is 21.6 Å². The molecule has 2 aromatic carbocycles. The molecule has 27 heavy (non-hydrogen) atoms. The number of aromatic nitrogens is 2. The maximum absolute atomic E-state index is 4.81. The van der Waals surface area contributed by atoms with Crippen molar-refractivity contribution in [3.63, 3.8) is 0 Å². The van der Waals surface area contributed by atoms with Crippen LogP contribution >= 0.6 is 15.9 Å². The molecule has 0 amide bonds. The number of aryl methyl sites for hydroxylation is 1. The van der Waals surface area contributed by atoms with Crippen LogP contribution in [-0.4, -0.2) is 40.9 Å². The number of hydrogen-bond acceptors (Lipinski definition) is 3. The minimum absolute atomic E-state index is 1.01. The summed E-state index contributed by atoms with van der Waals surface area (Å²) in [6.45, 7) is 9.52. The molecular formula is C22H25BrN4. The van der Waals surface area contributed by atoms with E-state index in [0.29, 0.717) is 0 Å². The van der Waals surface area contributed by atoms with Gasteiger partial charge in [-0.1, -0.05) is 46.3 Å². The van der Waals surface area contributed by atoms with E-state index in [1.807, 2.05) is 6.07 Å². The number of rotatable bonds is 4. The molecule has 0 atom stereocenters. The van der Waals surface area contributed by atoms with Gasteiger partial charge in [-0.2, -0.15) is 5.10 Å². The van der Waals surface area contributed by atoms with Gasteiger partial charge in [-0.05, 0) is 43.7 Å². The minimum Gasteiger partial charge on any atom is -0.366 e. The highest BCUT2D eigenvalue weighted by Gasteiger charge is 2.23. The zero-order chi connectivity index (χ0) is 18.8. The van der Waals surface area contributed by atoms with Crippen LogP contribution in [-0.2, 0) is 6.54 Å². The number of halogens is 1. The number of piperazine rings is 1. The minimum atomic E-state index is 1.01. The van der Waals surface area contributed by atoms with Gasteiger partial charge in [0.25, 0.3) is 0 Å². The summed E-state index contributed by atoms with van der Waals surface area (Å²) in [6.07, 6.45) is 0. The normalized spacial score (nSPS) is 15.3. The fourth-order valence-corrected chi connectivity index (χ4v) is 4.38. The first-order valence-electron chi connectivity index (χ1n) is 9.45. The van der Waals surface area contributed by atoms with Crippen molar-refractivity contribution in [2.45, 2.75) is 20.4 Å². The third-order valence-electron chi connectivity index (χ3n) is 5.24. The van der Waals surface area contributed by atoms with Crippen molar-refractivity contribution < 1.29 is 0 Å². The maximum Gasteiger partial charge on any atom is 0.0834 e. The molecule has 3 aromatic rings. The summed E-state index contributed by atoms with van der Waals surface area (Å²) in [7, 11) is 0. The standard InChI is InChI=1S/C22H25BrN4/c1-17-22(18(2)27(24-17)21-9-4-3-5-10-21)26-13-11-25(12-14-26)16-19-7-6-8-20(23)15-19/h3-10,15H,11-14,16H2,1-2H3. The second-order valence-corrected chi connectivity index (χ2v) is 8.08. The van der Waals surface area contributed by atoms with Crippen LogP contribution in [0.3, 0.4) is 0 Å². The van der Waals surface area contributed by atoms with Crippen LogP contribution in [0.15, 0.2) is 59.1 Å². The Bertz CT molecular complexity index is 911. The zero-order valence-corrected chi connectivity index (χ0v) is 17.5. The Labute approximate surface area is 169 Å². The first-order valence-corrected chi connectivity index (χ1v) is 10.2. The molecule has 1 fully saturated rings. The molecule has 0 saturated carbocycles. The molecule has 4 nitrogen and oxygen atoms in total. The first kappa shape index (κ1) is 18.3. The van der Waals surface area contributed by atoms with Crippen molar-refractivity contribution in [3.8, 4) is 5.69 Å². The Hall–Kier alpha value is -2.11. The molecule has 4 rings (SSSR count). The van der Waals surface area contributed by atoms with Crippen molar-refractivity contribution in [1.29, 1.82) is 0 Å². The van der Waals surface area contributed by atoms with Crippen molar-refractivity contribution in [2.75, 3.05) is 31.1 Å². The van der Waals surface area contributed by atoms with E-state index < -0.39 is 0 Å². The number of anilines is 1. The zero-order valence-electron chi connectivity index (χ0n) is 15.9. The van der Waals surface area contributed by atoms with Gasteiger partial charge in [0, 0.05) is 37.2 Å². The van der Waals surface area contributed by atoms with Crippen molar-refractivity contribution in [2.24, 2.45) is 0 Å². The molecule has 0 unspecified atom stereocenters. The summed E-state index contributed by atoms with van der Waals surface area (Å²) in [4.78, 5) is 5.03. The van der Waals surface area contributed by atoms with Crippen LogP contribution in [0, 0.1) is 13.8 Å². The lowest BCUT2D eigenvalue weighted by molar-refractivity contribution is 0.249. The molecule has 0 bridgehead atoms. The van der Waals surface area contributed by atoms with E-state index in [9.17, 15) is 0 Å². The number of para-hydroxylation sites is 1. The highest BCUT2D eigenvalue weighted by Crippen LogP contribution is 2.28. The number of hydrogen-bond donors (Lipinski definition) is 0. The molecule has 0 spiro atoms. The maximum atomic E-state index is 4.81.